The third kappa shape index (κ3) is 4.44. The van der Waals surface area contributed by atoms with Crippen molar-refractivity contribution in [2.75, 3.05) is 4.72 Å². The minimum absolute atomic E-state index is 0.233. The Morgan fingerprint density at radius 2 is 1.79 bits per heavy atom. The summed E-state index contributed by atoms with van der Waals surface area (Å²) in [4.78, 5) is 12.5. The predicted octanol–water partition coefficient (Wildman–Crippen LogP) is 4.83. The molecule has 1 aliphatic rings. The first kappa shape index (κ1) is 23.6. The number of phenolic OH excluding ortho intramolecular Hbond substituents is 2. The van der Waals surface area contributed by atoms with Crippen molar-refractivity contribution in [1.82, 2.24) is 0 Å². The van der Waals surface area contributed by atoms with Gasteiger partial charge in [0, 0.05) is 4.47 Å². The molecule has 3 N–H and O–H groups in total. The molecule has 4 rings (SSSR count). The fraction of sp³-hybridized carbons (Fsp3) is 0.167. The number of nitriles is 1. The predicted molar refractivity (Wildman–Crippen MR) is 127 cm³/mol. The highest BCUT2D eigenvalue weighted by Gasteiger charge is 2.40. The van der Waals surface area contributed by atoms with Crippen molar-refractivity contribution in [1.29, 1.82) is 5.26 Å². The van der Waals surface area contributed by atoms with Gasteiger partial charge in [0.05, 0.1) is 17.2 Å². The molecule has 34 heavy (non-hydrogen) atoms. The number of benzene rings is 3. The van der Waals surface area contributed by atoms with E-state index in [1.54, 1.807) is 30.3 Å². The average molecular weight is 543 g/mol. The number of phenols is 2. The molecule has 10 heteroatoms. The Morgan fingerprint density at radius 1 is 1.09 bits per heavy atom. The zero-order valence-corrected chi connectivity index (χ0v) is 20.1. The maximum absolute atomic E-state index is 13.0. The largest absolute Gasteiger partial charge is 0.507 e. The molecule has 0 radical (unpaired) electrons. The number of aromatic hydroxyl groups is 2. The first-order valence-electron chi connectivity index (χ1n) is 10.2. The first-order chi connectivity index (χ1) is 16.1. The number of anilines is 1. The molecule has 0 aliphatic heterocycles. The molecule has 0 aromatic heterocycles. The van der Waals surface area contributed by atoms with Crippen molar-refractivity contribution in [2.24, 2.45) is 0 Å². The number of sulfonamides is 1. The van der Waals surface area contributed by atoms with Gasteiger partial charge in [-0.2, -0.15) is 5.26 Å². The number of hydrogen-bond acceptors (Lipinski definition) is 7. The van der Waals surface area contributed by atoms with Crippen molar-refractivity contribution in [3.63, 3.8) is 0 Å². The Hall–Kier alpha value is -3.55. The summed E-state index contributed by atoms with van der Waals surface area (Å²) in [5, 5.41) is 30.7. The summed E-state index contributed by atoms with van der Waals surface area (Å²) in [6, 6.07) is 17.0. The van der Waals surface area contributed by atoms with Crippen molar-refractivity contribution < 1.29 is 28.2 Å². The molecule has 3 aromatic carbocycles. The highest BCUT2D eigenvalue weighted by molar-refractivity contribution is 9.10. The van der Waals surface area contributed by atoms with E-state index in [4.69, 9.17) is 4.74 Å². The second kappa shape index (κ2) is 9.00. The van der Waals surface area contributed by atoms with Gasteiger partial charge in [0.15, 0.2) is 5.75 Å². The Balaban J connectivity index is 1.80. The topological polar surface area (TPSA) is 137 Å². The van der Waals surface area contributed by atoms with E-state index in [9.17, 15) is 28.7 Å². The number of ether oxygens (including phenoxy) is 1. The van der Waals surface area contributed by atoms with Crippen LogP contribution in [0.2, 0.25) is 0 Å². The summed E-state index contributed by atoms with van der Waals surface area (Å²) in [5.74, 6) is -1.83. The zero-order chi connectivity index (χ0) is 24.5. The van der Waals surface area contributed by atoms with E-state index in [1.165, 1.54) is 30.3 Å². The van der Waals surface area contributed by atoms with Crippen LogP contribution in [0.3, 0.4) is 0 Å². The number of hydrogen-bond donors (Lipinski definition) is 3. The SMILES string of the molecule is N#CC1(c2cc(NS(=O)(=O)c3cc(Br)ccc3O)c(O)c(C(=O)Oc3ccccc3)c2)CCC1. The number of para-hydroxylation sites is 1. The number of rotatable bonds is 6. The maximum atomic E-state index is 13.0. The normalized spacial score (nSPS) is 14.5. The Morgan fingerprint density at radius 3 is 2.41 bits per heavy atom. The minimum Gasteiger partial charge on any atom is -0.507 e. The molecular weight excluding hydrogens is 524 g/mol. The Kier molecular flexibility index (Phi) is 6.25. The van der Waals surface area contributed by atoms with Crippen LogP contribution in [0, 0.1) is 11.3 Å². The smallest absolute Gasteiger partial charge is 0.347 e. The average Bonchev–Trinajstić information content (AvgIpc) is 2.77. The quantitative estimate of drug-likeness (QED) is 0.230. The first-order valence-corrected chi connectivity index (χ1v) is 12.5. The summed E-state index contributed by atoms with van der Waals surface area (Å²) >= 11 is 3.16. The van der Waals surface area contributed by atoms with Crippen LogP contribution in [0.4, 0.5) is 5.69 Å². The van der Waals surface area contributed by atoms with E-state index in [-0.39, 0.29) is 17.0 Å². The van der Waals surface area contributed by atoms with Gasteiger partial charge in [0.1, 0.15) is 22.0 Å². The molecule has 8 nitrogen and oxygen atoms in total. The highest BCUT2D eigenvalue weighted by Crippen LogP contribution is 2.46. The van der Waals surface area contributed by atoms with E-state index in [0.717, 1.165) is 6.42 Å². The van der Waals surface area contributed by atoms with E-state index in [2.05, 4.69) is 26.7 Å². The van der Waals surface area contributed by atoms with Gasteiger partial charge >= 0.3 is 5.97 Å². The number of halogens is 1. The molecule has 0 bridgehead atoms. The fourth-order valence-corrected chi connectivity index (χ4v) is 5.39. The standard InChI is InChI=1S/C24H19BrN2O6S/c25-16-7-8-20(28)21(13-16)34(31,32)27-19-12-15(24(14-26)9-4-10-24)11-18(22(19)29)23(30)33-17-5-2-1-3-6-17/h1-3,5-8,11-13,27-29H,4,9-10H2. The number of nitrogens with one attached hydrogen (secondary N) is 1. The zero-order valence-electron chi connectivity index (χ0n) is 17.7. The van der Waals surface area contributed by atoms with Crippen molar-refractivity contribution in [2.45, 2.75) is 29.6 Å². The molecule has 1 fully saturated rings. The van der Waals surface area contributed by atoms with Gasteiger partial charge in [-0.05, 0) is 67.3 Å². The third-order valence-electron chi connectivity index (χ3n) is 5.71. The molecule has 0 spiro atoms. The van der Waals surface area contributed by atoms with E-state index in [0.29, 0.717) is 22.9 Å². The monoisotopic (exact) mass is 542 g/mol. The maximum Gasteiger partial charge on any atom is 0.347 e. The lowest BCUT2D eigenvalue weighted by Gasteiger charge is -2.36. The molecule has 0 heterocycles. The summed E-state index contributed by atoms with van der Waals surface area (Å²) in [5.41, 5.74) is -1.12. The number of nitrogens with zero attached hydrogens (tertiary/aromatic N) is 1. The Bertz CT molecular complexity index is 1410. The van der Waals surface area contributed by atoms with Crippen LogP contribution in [0.15, 0.2) is 70.0 Å². The van der Waals surface area contributed by atoms with Crippen LogP contribution < -0.4 is 9.46 Å². The summed E-state index contributed by atoms with van der Waals surface area (Å²) in [7, 11) is -4.37. The van der Waals surface area contributed by atoms with E-state index >= 15 is 0 Å². The fourth-order valence-electron chi connectivity index (χ4n) is 3.69. The summed E-state index contributed by atoms with van der Waals surface area (Å²) in [6.07, 6.45) is 1.85. The van der Waals surface area contributed by atoms with E-state index < -0.39 is 37.8 Å². The molecule has 1 saturated carbocycles. The van der Waals surface area contributed by atoms with Crippen LogP contribution in [0.1, 0.15) is 35.2 Å². The second-order valence-corrected chi connectivity index (χ2v) is 10.5. The van der Waals surface area contributed by atoms with Crippen molar-refractivity contribution >= 4 is 37.6 Å². The van der Waals surface area contributed by atoms with Gasteiger partial charge in [0.2, 0.25) is 0 Å². The van der Waals surface area contributed by atoms with Gasteiger partial charge in [-0.3, -0.25) is 4.72 Å². The highest BCUT2D eigenvalue weighted by atomic mass is 79.9. The van der Waals surface area contributed by atoms with Gasteiger partial charge in [-0.15, -0.1) is 0 Å². The molecule has 0 saturated heterocycles. The van der Waals surface area contributed by atoms with Gasteiger partial charge in [-0.25, -0.2) is 13.2 Å². The van der Waals surface area contributed by atoms with Crippen LogP contribution >= 0.6 is 15.9 Å². The number of carbonyl (C=O) groups is 1. The molecule has 1 aliphatic carbocycles. The molecular formula is C24H19BrN2O6S. The minimum atomic E-state index is -4.37. The molecule has 0 atom stereocenters. The van der Waals surface area contributed by atoms with Crippen LogP contribution in [-0.2, 0) is 15.4 Å². The lowest BCUT2D eigenvalue weighted by Crippen LogP contribution is -2.32. The molecule has 0 amide bonds. The Labute approximate surface area is 204 Å². The molecule has 0 unspecified atom stereocenters. The van der Waals surface area contributed by atoms with Crippen molar-refractivity contribution in [3.8, 4) is 23.3 Å². The number of carbonyl (C=O) groups excluding carboxylic acids is 1. The summed E-state index contributed by atoms with van der Waals surface area (Å²) < 4.78 is 34.0. The van der Waals surface area contributed by atoms with E-state index in [1.807, 2.05) is 0 Å². The van der Waals surface area contributed by atoms with Crippen LogP contribution in [0.25, 0.3) is 0 Å². The lowest BCUT2D eigenvalue weighted by atomic mass is 9.65. The van der Waals surface area contributed by atoms with Gasteiger partial charge < -0.3 is 14.9 Å². The molecule has 174 valence electrons. The summed E-state index contributed by atoms with van der Waals surface area (Å²) in [6.45, 7) is 0. The lowest BCUT2D eigenvalue weighted by molar-refractivity contribution is 0.0731. The van der Waals surface area contributed by atoms with Crippen LogP contribution in [-0.4, -0.2) is 24.6 Å². The van der Waals surface area contributed by atoms with Crippen molar-refractivity contribution in [3.05, 3.63) is 76.3 Å². The number of esters is 1. The molecule has 3 aromatic rings. The van der Waals surface area contributed by atoms with Crippen LogP contribution in [0.5, 0.6) is 17.2 Å². The van der Waals surface area contributed by atoms with Gasteiger partial charge in [-0.1, -0.05) is 34.1 Å². The second-order valence-electron chi connectivity index (χ2n) is 7.89. The van der Waals surface area contributed by atoms with Gasteiger partial charge in [0.25, 0.3) is 10.0 Å². The third-order valence-corrected chi connectivity index (χ3v) is 7.60.